The highest BCUT2D eigenvalue weighted by Gasteiger charge is 2.35. The smallest absolute Gasteiger partial charge is 0.411 e. The van der Waals surface area contributed by atoms with Crippen molar-refractivity contribution in [1.29, 1.82) is 0 Å². The highest BCUT2D eigenvalue weighted by Crippen LogP contribution is 2.27. The molecule has 0 aromatic heterocycles. The number of nitrogens with zero attached hydrogens (tertiary/aromatic N) is 2. The zero-order valence-corrected chi connectivity index (χ0v) is 15.8. The molecule has 0 spiro atoms. The van der Waals surface area contributed by atoms with Gasteiger partial charge < -0.3 is 25.4 Å². The van der Waals surface area contributed by atoms with E-state index in [1.165, 1.54) is 9.80 Å². The monoisotopic (exact) mass is 397 g/mol. The number of hydrogen-bond acceptors (Lipinski definition) is 4. The Morgan fingerprint density at radius 2 is 1.55 bits per heavy atom. The summed E-state index contributed by atoms with van der Waals surface area (Å²) in [6.45, 7) is 0.273. The van der Waals surface area contributed by atoms with Crippen LogP contribution in [0.3, 0.4) is 0 Å². The van der Waals surface area contributed by atoms with Gasteiger partial charge in [0, 0.05) is 26.1 Å². The number of carboxylic acid groups (broad SMARTS) is 1. The van der Waals surface area contributed by atoms with E-state index in [9.17, 15) is 19.5 Å². The van der Waals surface area contributed by atoms with E-state index in [1.54, 1.807) is 0 Å². The normalized spacial score (nSPS) is 16.5. The van der Waals surface area contributed by atoms with Gasteiger partial charge >= 0.3 is 12.2 Å². The summed E-state index contributed by atoms with van der Waals surface area (Å²) in [6.07, 6.45) is -2.48. The standard InChI is InChI=1S/C21H23N3O5/c22-18(25)13-17-14-23(20(26)27)11-12-24(17)21(28)29-19(15-7-3-1-4-8-15)16-9-5-2-6-10-16/h1-10,17,19H,11-14H2,(H2,22,25)(H,26,27). The van der Waals surface area contributed by atoms with Crippen LogP contribution in [-0.4, -0.2) is 58.7 Å². The van der Waals surface area contributed by atoms with Crippen LogP contribution in [0.1, 0.15) is 23.7 Å². The summed E-state index contributed by atoms with van der Waals surface area (Å²) in [5.74, 6) is -0.609. The molecule has 1 saturated heterocycles. The molecule has 1 fully saturated rings. The minimum absolute atomic E-state index is 0.00864. The van der Waals surface area contributed by atoms with E-state index < -0.39 is 30.2 Å². The van der Waals surface area contributed by atoms with Crippen molar-refractivity contribution in [2.45, 2.75) is 18.6 Å². The van der Waals surface area contributed by atoms with Gasteiger partial charge in [0.05, 0.1) is 6.04 Å². The van der Waals surface area contributed by atoms with Gasteiger partial charge in [-0.3, -0.25) is 4.79 Å². The van der Waals surface area contributed by atoms with Gasteiger partial charge in [0.2, 0.25) is 5.91 Å². The molecule has 1 aliphatic heterocycles. The third kappa shape index (κ3) is 5.04. The van der Waals surface area contributed by atoms with E-state index in [0.717, 1.165) is 11.1 Å². The van der Waals surface area contributed by atoms with Crippen molar-refractivity contribution in [3.63, 3.8) is 0 Å². The first-order valence-corrected chi connectivity index (χ1v) is 9.29. The van der Waals surface area contributed by atoms with Gasteiger partial charge in [0.15, 0.2) is 6.10 Å². The quantitative estimate of drug-likeness (QED) is 0.805. The first-order valence-electron chi connectivity index (χ1n) is 9.29. The van der Waals surface area contributed by atoms with Crippen LogP contribution in [0, 0.1) is 0 Å². The SMILES string of the molecule is NC(=O)CC1CN(C(=O)O)CCN1C(=O)OC(c1ccccc1)c1ccccc1. The summed E-state index contributed by atoms with van der Waals surface area (Å²) < 4.78 is 5.84. The summed E-state index contributed by atoms with van der Waals surface area (Å²) >= 11 is 0. The first kappa shape index (κ1) is 20.2. The van der Waals surface area contributed by atoms with E-state index in [4.69, 9.17) is 10.5 Å². The van der Waals surface area contributed by atoms with Gasteiger partial charge in [0.1, 0.15) is 0 Å². The first-order chi connectivity index (χ1) is 14.0. The number of piperazine rings is 1. The van der Waals surface area contributed by atoms with Crippen LogP contribution in [0.15, 0.2) is 60.7 Å². The molecule has 0 bridgehead atoms. The van der Waals surface area contributed by atoms with Crippen LogP contribution in [0.2, 0.25) is 0 Å². The molecule has 1 unspecified atom stereocenters. The van der Waals surface area contributed by atoms with E-state index in [-0.39, 0.29) is 26.1 Å². The van der Waals surface area contributed by atoms with Crippen molar-refractivity contribution in [1.82, 2.24) is 9.80 Å². The number of benzene rings is 2. The number of nitrogens with two attached hydrogens (primary N) is 1. The molecule has 8 heteroatoms. The molecule has 2 aromatic rings. The fourth-order valence-corrected chi connectivity index (χ4v) is 3.43. The topological polar surface area (TPSA) is 113 Å². The molecule has 3 N–H and O–H groups in total. The summed E-state index contributed by atoms with van der Waals surface area (Å²) in [7, 11) is 0. The van der Waals surface area contributed by atoms with Crippen LogP contribution in [0.5, 0.6) is 0 Å². The molecule has 1 heterocycles. The molecule has 152 valence electrons. The predicted molar refractivity (Wildman–Crippen MR) is 105 cm³/mol. The molecule has 1 aliphatic rings. The largest absolute Gasteiger partial charge is 0.465 e. The lowest BCUT2D eigenvalue weighted by molar-refractivity contribution is -0.119. The van der Waals surface area contributed by atoms with Crippen LogP contribution in [0.25, 0.3) is 0 Å². The molecule has 8 nitrogen and oxygen atoms in total. The average Bonchev–Trinajstić information content (AvgIpc) is 2.72. The van der Waals surface area contributed by atoms with Crippen molar-refractivity contribution in [3.8, 4) is 0 Å². The lowest BCUT2D eigenvalue weighted by Crippen LogP contribution is -2.57. The number of carbonyl (C=O) groups is 3. The fraction of sp³-hybridized carbons (Fsp3) is 0.286. The Hall–Kier alpha value is -3.55. The maximum Gasteiger partial charge on any atom is 0.411 e. The van der Waals surface area contributed by atoms with Gasteiger partial charge in [-0.25, -0.2) is 9.59 Å². The number of ether oxygens (including phenoxy) is 1. The molecular weight excluding hydrogens is 374 g/mol. The molecule has 1 atom stereocenters. The Morgan fingerprint density at radius 1 is 1.00 bits per heavy atom. The Bertz CT molecular complexity index is 820. The van der Waals surface area contributed by atoms with E-state index in [0.29, 0.717) is 0 Å². The highest BCUT2D eigenvalue weighted by atomic mass is 16.6. The molecule has 29 heavy (non-hydrogen) atoms. The van der Waals surface area contributed by atoms with E-state index in [2.05, 4.69) is 0 Å². The summed E-state index contributed by atoms with van der Waals surface area (Å²) in [4.78, 5) is 38.3. The van der Waals surface area contributed by atoms with Crippen molar-refractivity contribution in [2.75, 3.05) is 19.6 Å². The number of hydrogen-bond donors (Lipinski definition) is 2. The van der Waals surface area contributed by atoms with Crippen molar-refractivity contribution in [3.05, 3.63) is 71.8 Å². The lowest BCUT2D eigenvalue weighted by atomic mass is 10.0. The second kappa shape index (κ2) is 9.09. The van der Waals surface area contributed by atoms with Crippen LogP contribution < -0.4 is 5.73 Å². The molecule has 3 amide bonds. The molecule has 2 aromatic carbocycles. The highest BCUT2D eigenvalue weighted by molar-refractivity contribution is 5.76. The number of rotatable bonds is 5. The molecule has 0 radical (unpaired) electrons. The van der Waals surface area contributed by atoms with Gasteiger partial charge in [-0.15, -0.1) is 0 Å². The predicted octanol–water partition coefficient (Wildman–Crippen LogP) is 2.45. The van der Waals surface area contributed by atoms with Crippen LogP contribution in [0.4, 0.5) is 9.59 Å². The van der Waals surface area contributed by atoms with Crippen molar-refractivity contribution >= 4 is 18.1 Å². The Kier molecular flexibility index (Phi) is 6.33. The van der Waals surface area contributed by atoms with E-state index in [1.807, 2.05) is 60.7 Å². The van der Waals surface area contributed by atoms with Gasteiger partial charge in [-0.05, 0) is 11.1 Å². The lowest BCUT2D eigenvalue weighted by Gasteiger charge is -2.39. The maximum atomic E-state index is 13.0. The third-order valence-corrected chi connectivity index (χ3v) is 4.85. The maximum absolute atomic E-state index is 13.0. The van der Waals surface area contributed by atoms with Crippen molar-refractivity contribution in [2.24, 2.45) is 5.73 Å². The number of amides is 3. The van der Waals surface area contributed by atoms with Gasteiger partial charge in [0.25, 0.3) is 0 Å². The van der Waals surface area contributed by atoms with Gasteiger partial charge in [-0.2, -0.15) is 0 Å². The molecule has 0 saturated carbocycles. The zero-order valence-electron chi connectivity index (χ0n) is 15.8. The minimum atomic E-state index is -1.10. The molecular formula is C21H23N3O5. The Balaban J connectivity index is 1.82. The Morgan fingerprint density at radius 3 is 2.03 bits per heavy atom. The third-order valence-electron chi connectivity index (χ3n) is 4.85. The minimum Gasteiger partial charge on any atom is -0.465 e. The summed E-state index contributed by atoms with van der Waals surface area (Å²) in [5, 5.41) is 9.23. The van der Waals surface area contributed by atoms with Crippen LogP contribution >= 0.6 is 0 Å². The summed E-state index contributed by atoms with van der Waals surface area (Å²) in [6, 6.07) is 18.0. The zero-order chi connectivity index (χ0) is 20.8. The Labute approximate surface area is 168 Å². The number of primary amides is 1. The average molecular weight is 397 g/mol. The second-order valence-electron chi connectivity index (χ2n) is 6.83. The summed E-state index contributed by atoms with van der Waals surface area (Å²) in [5.41, 5.74) is 6.92. The fourth-order valence-electron chi connectivity index (χ4n) is 3.43. The molecule has 0 aliphatic carbocycles. The van der Waals surface area contributed by atoms with E-state index >= 15 is 0 Å². The van der Waals surface area contributed by atoms with Crippen LogP contribution in [-0.2, 0) is 9.53 Å². The van der Waals surface area contributed by atoms with Crippen molar-refractivity contribution < 1.29 is 24.2 Å². The second-order valence-corrected chi connectivity index (χ2v) is 6.83. The number of carbonyl (C=O) groups excluding carboxylic acids is 2. The van der Waals surface area contributed by atoms with Gasteiger partial charge in [-0.1, -0.05) is 60.7 Å². The molecule has 3 rings (SSSR count).